The minimum absolute atomic E-state index is 0.115. The summed E-state index contributed by atoms with van der Waals surface area (Å²) in [5.41, 5.74) is 1.82. The van der Waals surface area contributed by atoms with Gasteiger partial charge in [0.05, 0.1) is 5.92 Å². The van der Waals surface area contributed by atoms with Gasteiger partial charge in [0.25, 0.3) is 0 Å². The van der Waals surface area contributed by atoms with E-state index in [0.29, 0.717) is 17.6 Å². The zero-order valence-electron chi connectivity index (χ0n) is 21.4. The molecule has 6 atom stereocenters. The van der Waals surface area contributed by atoms with Crippen LogP contribution in [0.25, 0.3) is 0 Å². The third-order valence-corrected chi connectivity index (χ3v) is 11.3. The van der Waals surface area contributed by atoms with E-state index in [4.69, 9.17) is 4.74 Å². The van der Waals surface area contributed by atoms with Crippen LogP contribution in [0.1, 0.15) is 117 Å². The maximum Gasteiger partial charge on any atom is 0.309 e. The molecule has 33 heavy (non-hydrogen) atoms. The molecule has 5 aliphatic rings. The highest BCUT2D eigenvalue weighted by Crippen LogP contribution is 2.65. The number of fused-ring (bicyclic) bond motifs is 5. The van der Waals surface area contributed by atoms with Crippen molar-refractivity contribution in [3.05, 3.63) is 11.6 Å². The molecule has 0 radical (unpaired) electrons. The van der Waals surface area contributed by atoms with Gasteiger partial charge in [0.1, 0.15) is 6.10 Å². The van der Waals surface area contributed by atoms with Crippen LogP contribution in [0, 0.1) is 40.4 Å². The summed E-state index contributed by atoms with van der Waals surface area (Å²) in [7, 11) is 0. The fourth-order valence-corrected chi connectivity index (χ4v) is 9.12. The summed E-state index contributed by atoms with van der Waals surface area (Å²) >= 11 is 0. The van der Waals surface area contributed by atoms with Crippen molar-refractivity contribution in [3.63, 3.8) is 0 Å². The maximum absolute atomic E-state index is 13.2. The Labute approximate surface area is 201 Å². The van der Waals surface area contributed by atoms with Crippen LogP contribution in [0.2, 0.25) is 0 Å². The molecule has 0 bridgehead atoms. The van der Waals surface area contributed by atoms with Gasteiger partial charge < -0.3 is 4.74 Å². The quantitative estimate of drug-likeness (QED) is 0.406. The van der Waals surface area contributed by atoms with Gasteiger partial charge in [-0.05, 0) is 106 Å². The van der Waals surface area contributed by atoms with Crippen LogP contribution >= 0.6 is 0 Å². The van der Waals surface area contributed by atoms with Crippen molar-refractivity contribution in [1.29, 1.82) is 0 Å². The summed E-state index contributed by atoms with van der Waals surface area (Å²) < 4.78 is 6.37. The lowest BCUT2D eigenvalue weighted by Crippen LogP contribution is -2.51. The molecule has 0 heterocycles. The Morgan fingerprint density at radius 1 is 0.970 bits per heavy atom. The van der Waals surface area contributed by atoms with E-state index in [1.54, 1.807) is 0 Å². The van der Waals surface area contributed by atoms with Crippen molar-refractivity contribution < 1.29 is 14.3 Å². The first-order chi connectivity index (χ1) is 15.8. The zero-order valence-corrected chi connectivity index (χ0v) is 21.4. The molecule has 184 valence electrons. The molecule has 0 aromatic heterocycles. The number of hydrogen-bond donors (Lipinski definition) is 0. The summed E-state index contributed by atoms with van der Waals surface area (Å²) in [4.78, 5) is 25.3. The third-order valence-electron chi connectivity index (χ3n) is 11.3. The number of allylic oxidation sites excluding steroid dienone is 1. The van der Waals surface area contributed by atoms with Gasteiger partial charge in [0.2, 0.25) is 0 Å². The summed E-state index contributed by atoms with van der Waals surface area (Å²) in [6, 6.07) is 0. The molecule has 3 heteroatoms. The molecule has 0 spiro atoms. The van der Waals surface area contributed by atoms with Gasteiger partial charge >= 0.3 is 5.97 Å². The highest BCUT2D eigenvalue weighted by molar-refractivity contribution is 5.91. The first kappa shape index (κ1) is 23.6. The fraction of sp³-hybridized carbons (Fsp3) is 0.867. The number of hydrogen-bond acceptors (Lipinski definition) is 3. The molecule has 4 fully saturated rings. The van der Waals surface area contributed by atoms with Crippen LogP contribution < -0.4 is 0 Å². The van der Waals surface area contributed by atoms with Crippen LogP contribution in [-0.2, 0) is 14.3 Å². The molecule has 0 aromatic carbocycles. The highest BCUT2D eigenvalue weighted by Gasteiger charge is 2.60. The largest absolute Gasteiger partial charge is 0.462 e. The number of unbranched alkanes of at least 4 members (excludes halogenated alkanes) is 1. The van der Waals surface area contributed by atoms with Crippen molar-refractivity contribution >= 4 is 11.8 Å². The molecule has 5 aliphatic carbocycles. The van der Waals surface area contributed by atoms with Gasteiger partial charge in [-0.2, -0.15) is 0 Å². The van der Waals surface area contributed by atoms with Crippen molar-refractivity contribution in [3.8, 4) is 0 Å². The first-order valence-electron chi connectivity index (χ1n) is 14.3. The Hall–Kier alpha value is -1.12. The van der Waals surface area contributed by atoms with Crippen LogP contribution in [0.5, 0.6) is 0 Å². The highest BCUT2D eigenvalue weighted by atomic mass is 16.5. The predicted molar refractivity (Wildman–Crippen MR) is 132 cm³/mol. The molecular weight excluding hydrogens is 408 g/mol. The average Bonchev–Trinajstić information content (AvgIpc) is 3.14. The first-order valence-corrected chi connectivity index (χ1v) is 14.3. The number of carbonyl (C=O) groups excluding carboxylic acids is 2. The van der Waals surface area contributed by atoms with Crippen LogP contribution in [0.4, 0.5) is 0 Å². The van der Waals surface area contributed by atoms with Crippen LogP contribution in [0.15, 0.2) is 11.6 Å². The van der Waals surface area contributed by atoms with E-state index >= 15 is 0 Å². The maximum atomic E-state index is 13.2. The second-order valence-corrected chi connectivity index (χ2v) is 12.9. The van der Waals surface area contributed by atoms with Crippen molar-refractivity contribution in [1.82, 2.24) is 0 Å². The Balaban J connectivity index is 1.22. The van der Waals surface area contributed by atoms with E-state index in [9.17, 15) is 9.59 Å². The van der Waals surface area contributed by atoms with Gasteiger partial charge in [-0.15, -0.1) is 0 Å². The van der Waals surface area contributed by atoms with E-state index in [1.807, 2.05) is 6.08 Å². The second kappa shape index (κ2) is 9.15. The van der Waals surface area contributed by atoms with Gasteiger partial charge in [0.15, 0.2) is 5.78 Å². The van der Waals surface area contributed by atoms with E-state index in [1.165, 1.54) is 63.4 Å². The molecule has 0 unspecified atom stereocenters. The van der Waals surface area contributed by atoms with Gasteiger partial charge in [-0.25, -0.2) is 0 Å². The van der Waals surface area contributed by atoms with Gasteiger partial charge in [0, 0.05) is 11.8 Å². The number of rotatable bonds is 5. The van der Waals surface area contributed by atoms with E-state index < -0.39 is 0 Å². The van der Waals surface area contributed by atoms with Crippen LogP contribution in [0.3, 0.4) is 0 Å². The second-order valence-electron chi connectivity index (χ2n) is 12.9. The molecular formula is C30H46O3. The van der Waals surface area contributed by atoms with Crippen molar-refractivity contribution in [2.75, 3.05) is 0 Å². The average molecular weight is 455 g/mol. The minimum atomic E-state index is 0.115. The zero-order chi connectivity index (χ0) is 23.2. The monoisotopic (exact) mass is 454 g/mol. The lowest BCUT2D eigenvalue weighted by Gasteiger charge is -2.57. The SMILES string of the molecule is CCCCC1CCC(C(=O)O[C@H]2CC[C@H]3[C@@H]4CCC5=CC(=O)CC[C@]5(C)[C@H]4CC[C@]23C)CC1. The molecule has 5 rings (SSSR count). The molecule has 0 saturated heterocycles. The minimum Gasteiger partial charge on any atom is -0.462 e. The molecule has 0 N–H and O–H groups in total. The smallest absolute Gasteiger partial charge is 0.309 e. The van der Waals surface area contributed by atoms with E-state index in [-0.39, 0.29) is 28.8 Å². The fourth-order valence-electron chi connectivity index (χ4n) is 9.12. The lowest BCUT2D eigenvalue weighted by atomic mass is 9.47. The molecule has 4 saturated carbocycles. The third kappa shape index (κ3) is 4.14. The van der Waals surface area contributed by atoms with Gasteiger partial charge in [-0.3, -0.25) is 9.59 Å². The van der Waals surface area contributed by atoms with Crippen molar-refractivity contribution in [2.45, 2.75) is 123 Å². The van der Waals surface area contributed by atoms with E-state index in [0.717, 1.165) is 50.4 Å². The van der Waals surface area contributed by atoms with Crippen molar-refractivity contribution in [2.24, 2.45) is 40.4 Å². The Kier molecular flexibility index (Phi) is 6.55. The normalized spacial score (nSPS) is 44.9. The summed E-state index contributed by atoms with van der Waals surface area (Å²) in [6.07, 6.45) is 19.3. The standard InChI is InChI=1S/C30H46O3/c1-4-5-6-20-7-9-21(10-8-20)28(32)33-27-14-13-25-24-12-11-22-19-23(31)15-17-29(22,2)26(24)16-18-30(25,27)3/h19-21,24-27H,4-18H2,1-3H3/t20?,21?,24-,25-,26-,27-,29-,30-/m0/s1. The number of ketones is 1. The number of carbonyl (C=O) groups is 2. The molecule has 0 amide bonds. The van der Waals surface area contributed by atoms with E-state index in [2.05, 4.69) is 20.8 Å². The molecule has 0 aliphatic heterocycles. The Bertz CT molecular complexity index is 790. The topological polar surface area (TPSA) is 43.4 Å². The predicted octanol–water partition coefficient (Wildman–Crippen LogP) is 7.43. The molecule has 0 aromatic rings. The van der Waals surface area contributed by atoms with Crippen LogP contribution in [-0.4, -0.2) is 17.9 Å². The Morgan fingerprint density at radius 3 is 2.52 bits per heavy atom. The molecule has 3 nitrogen and oxygen atoms in total. The summed E-state index contributed by atoms with van der Waals surface area (Å²) in [5.74, 6) is 3.55. The Morgan fingerprint density at radius 2 is 1.76 bits per heavy atom. The summed E-state index contributed by atoms with van der Waals surface area (Å²) in [6.45, 7) is 7.16. The lowest BCUT2D eigenvalue weighted by molar-refractivity contribution is -0.166. The number of esters is 1. The van der Waals surface area contributed by atoms with Gasteiger partial charge in [-0.1, -0.05) is 45.6 Å². The number of ether oxygens (including phenoxy) is 1. The summed E-state index contributed by atoms with van der Waals surface area (Å²) in [5, 5.41) is 0.